The van der Waals surface area contributed by atoms with E-state index in [0.717, 1.165) is 116 Å². The van der Waals surface area contributed by atoms with E-state index in [-0.39, 0.29) is 99.9 Å². The highest BCUT2D eigenvalue weighted by Gasteiger charge is 2.22. The van der Waals surface area contributed by atoms with Crippen LogP contribution in [0.25, 0.3) is 32.9 Å². The third kappa shape index (κ3) is 26.1. The highest BCUT2D eigenvalue weighted by Crippen LogP contribution is 2.29. The molecule has 108 heavy (non-hydrogen) atoms. The van der Waals surface area contributed by atoms with Crippen molar-refractivity contribution in [2.75, 3.05) is 33.0 Å². The van der Waals surface area contributed by atoms with Gasteiger partial charge in [-0.25, -0.2) is 28.8 Å². The first-order valence-corrected chi connectivity index (χ1v) is 36.4. The number of unbranched alkanes of at least 4 members (excludes halogenated alkanes) is 18. The molecule has 0 N–H and O–H groups in total. The highest BCUT2D eigenvalue weighted by atomic mass is 16.6. The first-order chi connectivity index (χ1) is 52.6. The lowest BCUT2D eigenvalue weighted by molar-refractivity contribution is -0.167. The maximum Gasteiger partial charge on any atom is 0.343 e. The Morgan fingerprint density at radius 2 is 0.602 bits per heavy atom. The SMILES string of the molecule is N#Cc1cc(C(=O)Oc2ccc3ccc(=O)oc3c2)ccc1OCCCCCCCCCC(=O)OCC(COC(=O)CCCCCCCCCOc1ccc(C(=O)Oc2ccc3ccc(=O)oc3c2)cc1C#N)OC(=O)CCCCCCCCCOc1ccc(C(=O)Oc2ccc3ccc(=O)oc3c2)cc1C#N. The number of carbonyl (C=O) groups is 6. The Balaban J connectivity index is 0.630. The third-order valence-electron chi connectivity index (χ3n) is 17.4. The van der Waals surface area contributed by atoms with Gasteiger partial charge >= 0.3 is 52.7 Å². The summed E-state index contributed by atoms with van der Waals surface area (Å²) in [5.41, 5.74) is 0.190. The number of ether oxygens (including phenoxy) is 9. The second-order valence-corrected chi connectivity index (χ2v) is 25.7. The van der Waals surface area contributed by atoms with E-state index in [0.29, 0.717) is 72.5 Å². The van der Waals surface area contributed by atoms with Crippen molar-refractivity contribution < 1.29 is 84.7 Å². The molecule has 0 aliphatic carbocycles. The van der Waals surface area contributed by atoms with Gasteiger partial charge in [-0.2, -0.15) is 15.8 Å². The van der Waals surface area contributed by atoms with Crippen LogP contribution in [0.3, 0.4) is 0 Å². The Labute approximate surface area is 622 Å². The van der Waals surface area contributed by atoms with Crippen molar-refractivity contribution in [3.63, 3.8) is 0 Å². The van der Waals surface area contributed by atoms with Gasteiger partial charge in [-0.3, -0.25) is 14.4 Å². The highest BCUT2D eigenvalue weighted by molar-refractivity contribution is 5.94. The molecule has 0 aliphatic heterocycles. The summed E-state index contributed by atoms with van der Waals surface area (Å²) in [5, 5.41) is 31.4. The van der Waals surface area contributed by atoms with Crippen LogP contribution >= 0.6 is 0 Å². The lowest BCUT2D eigenvalue weighted by Gasteiger charge is -2.18. The molecule has 24 nitrogen and oxygen atoms in total. The minimum Gasteiger partial charge on any atom is -0.492 e. The Morgan fingerprint density at radius 1 is 0.324 bits per heavy atom. The van der Waals surface area contributed by atoms with Crippen LogP contribution < -0.4 is 45.3 Å². The van der Waals surface area contributed by atoms with Gasteiger partial charge in [-0.05, 0) is 148 Å². The van der Waals surface area contributed by atoms with Crippen molar-refractivity contribution in [3.05, 3.63) is 210 Å². The van der Waals surface area contributed by atoms with Gasteiger partial charge in [0.05, 0.1) is 53.2 Å². The van der Waals surface area contributed by atoms with E-state index >= 15 is 0 Å². The van der Waals surface area contributed by atoms with Crippen molar-refractivity contribution >= 4 is 68.7 Å². The van der Waals surface area contributed by atoms with E-state index in [1.807, 2.05) is 0 Å². The lowest BCUT2D eigenvalue weighted by Crippen LogP contribution is -2.30. The zero-order chi connectivity index (χ0) is 76.2. The molecule has 0 saturated heterocycles. The molecular formula is C84H83N3O21. The monoisotopic (exact) mass is 1470 g/mol. The molecule has 0 aliphatic rings. The van der Waals surface area contributed by atoms with Gasteiger partial charge in [0.2, 0.25) is 0 Å². The smallest absolute Gasteiger partial charge is 0.343 e. The molecule has 0 unspecified atom stereocenters. The van der Waals surface area contributed by atoms with Crippen LogP contribution in [0.15, 0.2) is 173 Å². The molecule has 0 atom stereocenters. The molecular weight excluding hydrogens is 1390 g/mol. The summed E-state index contributed by atoms with van der Waals surface area (Å²) in [4.78, 5) is 113. The number of nitrogens with zero attached hydrogens (tertiary/aromatic N) is 3. The van der Waals surface area contributed by atoms with E-state index in [1.54, 1.807) is 72.8 Å². The average Bonchev–Trinajstić information content (AvgIpc) is 0.833. The number of nitriles is 3. The molecule has 0 amide bonds. The lowest BCUT2D eigenvalue weighted by atomic mass is 10.1. The summed E-state index contributed by atoms with van der Waals surface area (Å²) in [7, 11) is 0. The Bertz CT molecular complexity index is 4710. The van der Waals surface area contributed by atoms with Gasteiger partial charge in [0.1, 0.15) is 82.7 Å². The summed E-state index contributed by atoms with van der Waals surface area (Å²) in [5.74, 6) is -1.94. The molecule has 0 bridgehead atoms. The molecule has 3 aromatic heterocycles. The minimum absolute atomic E-state index is 0.123. The van der Waals surface area contributed by atoms with Gasteiger partial charge in [-0.15, -0.1) is 0 Å². The normalized spacial score (nSPS) is 10.9. The molecule has 9 rings (SSSR count). The summed E-state index contributed by atoms with van der Waals surface area (Å²) in [6.45, 7) is 0.537. The summed E-state index contributed by atoms with van der Waals surface area (Å²) < 4.78 is 66.5. The second kappa shape index (κ2) is 42.6. The van der Waals surface area contributed by atoms with Crippen LogP contribution in [0, 0.1) is 34.0 Å². The fourth-order valence-corrected chi connectivity index (χ4v) is 11.6. The number of carbonyl (C=O) groups excluding carboxylic acids is 6. The van der Waals surface area contributed by atoms with Crippen LogP contribution in [-0.4, -0.2) is 75.0 Å². The number of rotatable bonds is 44. The Kier molecular flexibility index (Phi) is 31.4. The maximum absolute atomic E-state index is 13.2. The predicted molar refractivity (Wildman–Crippen MR) is 395 cm³/mol. The molecule has 0 spiro atoms. The molecule has 3 heterocycles. The number of fused-ring (bicyclic) bond motifs is 3. The first kappa shape index (κ1) is 79.8. The Hall–Kier alpha value is -12.4. The largest absolute Gasteiger partial charge is 0.492 e. The molecule has 0 radical (unpaired) electrons. The van der Waals surface area contributed by atoms with Gasteiger partial charge in [0, 0.05) is 71.8 Å². The quantitative estimate of drug-likeness (QED) is 0.0112. The van der Waals surface area contributed by atoms with Gasteiger partial charge < -0.3 is 55.9 Å². The molecule has 9 aromatic rings. The van der Waals surface area contributed by atoms with Crippen molar-refractivity contribution in [2.24, 2.45) is 0 Å². The summed E-state index contributed by atoms with van der Waals surface area (Å²) >= 11 is 0. The van der Waals surface area contributed by atoms with E-state index in [9.17, 15) is 58.9 Å². The van der Waals surface area contributed by atoms with Crippen molar-refractivity contribution in [1.29, 1.82) is 15.8 Å². The van der Waals surface area contributed by atoms with E-state index < -0.39 is 58.8 Å². The number of hydrogen-bond donors (Lipinski definition) is 0. The van der Waals surface area contributed by atoms with Crippen LogP contribution in [0.4, 0.5) is 0 Å². The van der Waals surface area contributed by atoms with Gasteiger partial charge in [0.15, 0.2) is 6.10 Å². The molecule has 6 aromatic carbocycles. The predicted octanol–water partition coefficient (Wildman–Crippen LogP) is 16.2. The van der Waals surface area contributed by atoms with E-state index in [1.165, 1.54) is 72.8 Å². The fraction of sp³-hybridized carbons (Fsp3) is 0.357. The molecule has 24 heteroatoms. The Morgan fingerprint density at radius 3 is 0.907 bits per heavy atom. The number of hydrogen-bond acceptors (Lipinski definition) is 24. The van der Waals surface area contributed by atoms with Crippen molar-refractivity contribution in [1.82, 2.24) is 0 Å². The molecule has 0 fully saturated rings. The van der Waals surface area contributed by atoms with Crippen molar-refractivity contribution in [3.8, 4) is 52.7 Å². The van der Waals surface area contributed by atoms with Crippen LogP contribution in [0.1, 0.15) is 202 Å². The van der Waals surface area contributed by atoms with E-state index in [2.05, 4.69) is 18.2 Å². The van der Waals surface area contributed by atoms with Crippen molar-refractivity contribution in [2.45, 2.75) is 160 Å². The maximum atomic E-state index is 13.2. The second-order valence-electron chi connectivity index (χ2n) is 25.7. The third-order valence-corrected chi connectivity index (χ3v) is 17.4. The first-order valence-electron chi connectivity index (χ1n) is 36.4. The average molecular weight is 1470 g/mol. The number of esters is 6. The minimum atomic E-state index is -0.997. The number of benzene rings is 6. The summed E-state index contributed by atoms with van der Waals surface area (Å²) in [6, 6.07) is 42.4. The van der Waals surface area contributed by atoms with E-state index in [4.69, 9.17) is 55.9 Å². The van der Waals surface area contributed by atoms with Gasteiger partial charge in [-0.1, -0.05) is 96.3 Å². The zero-order valence-corrected chi connectivity index (χ0v) is 59.9. The van der Waals surface area contributed by atoms with Gasteiger partial charge in [0.25, 0.3) is 0 Å². The van der Waals surface area contributed by atoms with Crippen LogP contribution in [0.5, 0.6) is 34.5 Å². The molecule has 0 saturated carbocycles. The topological polar surface area (TPSA) is 347 Å². The van der Waals surface area contributed by atoms with Crippen LogP contribution in [-0.2, 0) is 28.6 Å². The zero-order valence-electron chi connectivity index (χ0n) is 59.9. The molecule has 560 valence electrons. The standard InChI is InChI=1S/C84H83N3O21/c85-52-63-46-60(82(94)103-66-34-25-57-31-40-79(91)106-73(57)49-66)28-37-70(63)97-43-19-13-7-1-4-10-16-22-76(88)100-55-69(102-78(90)24-18-12-6-3-9-15-21-45-99-72-39-30-62(48-65(72)54-87)84(96)105-68-36-27-59-33-42-81(93)108-75(59)51-68)56-101-77(89)23-17-11-5-2-8-14-20-44-98-71-38-29-61(47-64(71)53-86)83(95)104-67-35-26-58-32-41-80(92)107-74(58)50-67/h25-42,46-51,69H,1-24,43-45,55-56H2. The fourth-order valence-electron chi connectivity index (χ4n) is 11.6. The summed E-state index contributed by atoms with van der Waals surface area (Å²) in [6.07, 6.45) is 16.5. The van der Waals surface area contributed by atoms with Crippen LogP contribution in [0.2, 0.25) is 0 Å².